The molecular weight excluding hydrogens is 237 g/mol. The summed E-state index contributed by atoms with van der Waals surface area (Å²) in [6.07, 6.45) is 2.52. The molecule has 2 N–H and O–H groups in total. The second-order valence-corrected chi connectivity index (χ2v) is 3.36. The number of hydrogen-bond donors (Lipinski definition) is 2. The highest BCUT2D eigenvalue weighted by atomic mass is 19.1. The van der Waals surface area contributed by atoms with Crippen LogP contribution in [0.3, 0.4) is 0 Å². The first-order valence-electron chi connectivity index (χ1n) is 5.13. The topological polar surface area (TPSA) is 79.8 Å². The molecule has 0 aliphatic carbocycles. The number of rotatable bonds is 3. The van der Waals surface area contributed by atoms with Crippen molar-refractivity contribution in [1.29, 1.82) is 0 Å². The minimum Gasteiger partial charge on any atom is -0.354 e. The zero-order valence-electron chi connectivity index (χ0n) is 9.51. The van der Waals surface area contributed by atoms with Crippen LogP contribution < -0.4 is 10.6 Å². The third-order valence-electron chi connectivity index (χ3n) is 2.15. The zero-order valence-corrected chi connectivity index (χ0v) is 9.51. The predicted molar refractivity (Wildman–Crippen MR) is 62.9 cm³/mol. The van der Waals surface area contributed by atoms with Crippen LogP contribution in [0.1, 0.15) is 10.5 Å². The van der Waals surface area contributed by atoms with Crippen LogP contribution in [0.25, 0.3) is 0 Å². The first kappa shape index (κ1) is 11.9. The van der Waals surface area contributed by atoms with Crippen molar-refractivity contribution in [2.45, 2.75) is 0 Å². The van der Waals surface area contributed by atoms with Gasteiger partial charge in [-0.05, 0) is 18.2 Å². The van der Waals surface area contributed by atoms with Gasteiger partial charge in [0.25, 0.3) is 5.91 Å². The molecule has 0 radical (unpaired) electrons. The van der Waals surface area contributed by atoms with Gasteiger partial charge in [0.1, 0.15) is 11.6 Å². The average molecular weight is 247 g/mol. The molecule has 1 amide bonds. The van der Waals surface area contributed by atoms with Crippen LogP contribution in [0, 0.1) is 5.82 Å². The molecule has 2 aromatic heterocycles. The lowest BCUT2D eigenvalue weighted by Gasteiger charge is -2.08. The molecule has 0 spiro atoms. The quantitative estimate of drug-likeness (QED) is 0.849. The number of nitrogens with one attached hydrogen (secondary N) is 2. The van der Waals surface area contributed by atoms with Crippen molar-refractivity contribution in [3.8, 4) is 0 Å². The number of carbonyl (C=O) groups is 1. The standard InChI is InChI=1S/C11H10FN5O/c1-13-11(18)10-8(4-5-15-17-10)16-9-3-2-7(12)6-14-9/h2-6H,1H3,(H,13,18)(H,14,15,16). The van der Waals surface area contributed by atoms with Crippen molar-refractivity contribution in [3.63, 3.8) is 0 Å². The lowest BCUT2D eigenvalue weighted by atomic mass is 10.3. The van der Waals surface area contributed by atoms with E-state index in [0.29, 0.717) is 11.5 Å². The van der Waals surface area contributed by atoms with Gasteiger partial charge in [-0.15, -0.1) is 5.10 Å². The minimum atomic E-state index is -0.431. The van der Waals surface area contributed by atoms with E-state index >= 15 is 0 Å². The summed E-state index contributed by atoms with van der Waals surface area (Å²) < 4.78 is 12.7. The molecule has 2 heterocycles. The number of aromatic nitrogens is 3. The molecule has 0 aliphatic rings. The summed E-state index contributed by atoms with van der Waals surface area (Å²) in [7, 11) is 1.50. The van der Waals surface area contributed by atoms with E-state index < -0.39 is 5.82 Å². The molecule has 2 rings (SSSR count). The van der Waals surface area contributed by atoms with Gasteiger partial charge in [0.05, 0.1) is 18.1 Å². The minimum absolute atomic E-state index is 0.145. The summed E-state index contributed by atoms with van der Waals surface area (Å²) in [5.74, 6) is -0.387. The number of hydrogen-bond acceptors (Lipinski definition) is 5. The lowest BCUT2D eigenvalue weighted by molar-refractivity contribution is 0.0958. The maximum Gasteiger partial charge on any atom is 0.273 e. The number of nitrogens with zero attached hydrogens (tertiary/aromatic N) is 3. The van der Waals surface area contributed by atoms with E-state index in [1.807, 2.05) is 0 Å². The Hall–Kier alpha value is -2.57. The molecule has 0 aromatic carbocycles. The molecule has 0 saturated carbocycles. The Labute approximate surface area is 102 Å². The van der Waals surface area contributed by atoms with E-state index in [-0.39, 0.29) is 11.6 Å². The van der Waals surface area contributed by atoms with Crippen LogP contribution in [0.2, 0.25) is 0 Å². The highest BCUT2D eigenvalue weighted by Crippen LogP contribution is 2.16. The molecule has 0 unspecified atom stereocenters. The van der Waals surface area contributed by atoms with Crippen molar-refractivity contribution in [2.24, 2.45) is 0 Å². The van der Waals surface area contributed by atoms with E-state index in [1.165, 1.54) is 25.4 Å². The summed E-state index contributed by atoms with van der Waals surface area (Å²) in [5, 5.41) is 12.7. The van der Waals surface area contributed by atoms with Gasteiger partial charge in [-0.3, -0.25) is 4.79 Å². The molecule has 92 valence electrons. The van der Waals surface area contributed by atoms with E-state index in [1.54, 1.807) is 6.07 Å². The third kappa shape index (κ3) is 2.57. The van der Waals surface area contributed by atoms with Crippen molar-refractivity contribution in [1.82, 2.24) is 20.5 Å². The fourth-order valence-electron chi connectivity index (χ4n) is 1.31. The molecule has 0 saturated heterocycles. The molecule has 18 heavy (non-hydrogen) atoms. The normalized spacial score (nSPS) is 9.89. The monoisotopic (exact) mass is 247 g/mol. The van der Waals surface area contributed by atoms with E-state index in [2.05, 4.69) is 25.8 Å². The summed E-state index contributed by atoms with van der Waals surface area (Å²) in [6, 6.07) is 4.32. The SMILES string of the molecule is CNC(=O)c1nnccc1Nc1ccc(F)cn1. The van der Waals surface area contributed by atoms with E-state index in [0.717, 1.165) is 6.20 Å². The van der Waals surface area contributed by atoms with Crippen LogP contribution in [0.4, 0.5) is 15.9 Å². The van der Waals surface area contributed by atoms with Crippen molar-refractivity contribution in [3.05, 3.63) is 42.1 Å². The second-order valence-electron chi connectivity index (χ2n) is 3.36. The second kappa shape index (κ2) is 5.17. The number of carbonyl (C=O) groups excluding carboxylic acids is 1. The Morgan fingerprint density at radius 2 is 2.17 bits per heavy atom. The van der Waals surface area contributed by atoms with Crippen LogP contribution in [-0.2, 0) is 0 Å². The maximum atomic E-state index is 12.7. The lowest BCUT2D eigenvalue weighted by Crippen LogP contribution is -2.21. The third-order valence-corrected chi connectivity index (χ3v) is 2.15. The average Bonchev–Trinajstić information content (AvgIpc) is 2.41. The van der Waals surface area contributed by atoms with Gasteiger partial charge < -0.3 is 10.6 Å². The first-order valence-corrected chi connectivity index (χ1v) is 5.13. The number of pyridine rings is 1. The summed E-state index contributed by atoms with van der Waals surface area (Å²) >= 11 is 0. The molecule has 2 aromatic rings. The molecule has 6 nitrogen and oxygen atoms in total. The Morgan fingerprint density at radius 1 is 1.33 bits per heavy atom. The van der Waals surface area contributed by atoms with Gasteiger partial charge in [0.15, 0.2) is 5.69 Å². The van der Waals surface area contributed by atoms with Crippen LogP contribution in [0.5, 0.6) is 0 Å². The van der Waals surface area contributed by atoms with Gasteiger partial charge in [0, 0.05) is 7.05 Å². The van der Waals surface area contributed by atoms with Crippen molar-refractivity contribution >= 4 is 17.4 Å². The Kier molecular flexibility index (Phi) is 3.42. The number of anilines is 2. The first-order chi connectivity index (χ1) is 8.70. The Bertz CT molecular complexity index is 558. The summed E-state index contributed by atoms with van der Waals surface area (Å²) in [4.78, 5) is 15.4. The Morgan fingerprint density at radius 3 is 2.83 bits per heavy atom. The smallest absolute Gasteiger partial charge is 0.273 e. The molecular formula is C11H10FN5O. The summed E-state index contributed by atoms with van der Waals surface area (Å²) in [6.45, 7) is 0. The Balaban J connectivity index is 2.28. The fourth-order valence-corrected chi connectivity index (χ4v) is 1.31. The van der Waals surface area contributed by atoms with Crippen molar-refractivity contribution in [2.75, 3.05) is 12.4 Å². The summed E-state index contributed by atoms with van der Waals surface area (Å²) in [5.41, 5.74) is 0.592. The largest absolute Gasteiger partial charge is 0.354 e. The fraction of sp³-hybridized carbons (Fsp3) is 0.0909. The van der Waals surface area contributed by atoms with Gasteiger partial charge in [-0.25, -0.2) is 9.37 Å². The molecule has 0 fully saturated rings. The van der Waals surface area contributed by atoms with E-state index in [9.17, 15) is 9.18 Å². The van der Waals surface area contributed by atoms with Gasteiger partial charge >= 0.3 is 0 Å². The zero-order chi connectivity index (χ0) is 13.0. The van der Waals surface area contributed by atoms with Crippen LogP contribution >= 0.6 is 0 Å². The predicted octanol–water partition coefficient (Wildman–Crippen LogP) is 1.11. The molecule has 0 bridgehead atoms. The van der Waals surface area contributed by atoms with Gasteiger partial charge in [-0.1, -0.05) is 0 Å². The molecule has 0 atom stereocenters. The maximum absolute atomic E-state index is 12.7. The molecule has 0 aliphatic heterocycles. The highest BCUT2D eigenvalue weighted by molar-refractivity contribution is 5.97. The molecule has 7 heteroatoms. The van der Waals surface area contributed by atoms with Gasteiger partial charge in [-0.2, -0.15) is 5.10 Å². The van der Waals surface area contributed by atoms with Crippen LogP contribution in [0.15, 0.2) is 30.6 Å². The van der Waals surface area contributed by atoms with Crippen molar-refractivity contribution < 1.29 is 9.18 Å². The number of halogens is 1. The van der Waals surface area contributed by atoms with E-state index in [4.69, 9.17) is 0 Å². The van der Waals surface area contributed by atoms with Crippen LogP contribution in [-0.4, -0.2) is 28.1 Å². The highest BCUT2D eigenvalue weighted by Gasteiger charge is 2.12. The van der Waals surface area contributed by atoms with Gasteiger partial charge in [0.2, 0.25) is 0 Å². The number of amides is 1.